The fourth-order valence-electron chi connectivity index (χ4n) is 1.89. The zero-order chi connectivity index (χ0) is 12.6. The molecule has 1 saturated heterocycles. The molecule has 1 fully saturated rings. The van der Waals surface area contributed by atoms with E-state index in [1.165, 1.54) is 5.56 Å². The van der Waals surface area contributed by atoms with Crippen LogP contribution < -0.4 is 5.32 Å². The number of hydrogen-bond donors (Lipinski definition) is 1. The van der Waals surface area contributed by atoms with Crippen molar-refractivity contribution < 1.29 is 14.3 Å². The van der Waals surface area contributed by atoms with E-state index in [1.807, 2.05) is 18.2 Å². The van der Waals surface area contributed by atoms with Crippen LogP contribution in [-0.4, -0.2) is 32.3 Å². The average Bonchev–Trinajstić information content (AvgIpc) is 2.93. The van der Waals surface area contributed by atoms with Crippen molar-refractivity contribution >= 4 is 5.97 Å². The van der Waals surface area contributed by atoms with Gasteiger partial charge in [-0.1, -0.05) is 30.3 Å². The number of nitrogens with one attached hydrogen (secondary N) is 1. The van der Waals surface area contributed by atoms with Crippen molar-refractivity contribution in [3.63, 3.8) is 0 Å². The molecule has 98 valence electrons. The second kappa shape index (κ2) is 7.13. The van der Waals surface area contributed by atoms with E-state index in [2.05, 4.69) is 17.4 Å². The van der Waals surface area contributed by atoms with Crippen LogP contribution in [0.4, 0.5) is 0 Å². The van der Waals surface area contributed by atoms with E-state index in [0.717, 1.165) is 13.0 Å². The molecule has 0 aromatic heterocycles. The van der Waals surface area contributed by atoms with Gasteiger partial charge in [0, 0.05) is 19.7 Å². The Morgan fingerprint density at radius 3 is 2.94 bits per heavy atom. The molecule has 4 nitrogen and oxygen atoms in total. The number of benzene rings is 1. The Labute approximate surface area is 107 Å². The Kier molecular flexibility index (Phi) is 5.17. The van der Waals surface area contributed by atoms with Crippen LogP contribution in [0.2, 0.25) is 0 Å². The fraction of sp³-hybridized carbons (Fsp3) is 0.500. The Morgan fingerprint density at radius 1 is 1.39 bits per heavy atom. The van der Waals surface area contributed by atoms with E-state index in [4.69, 9.17) is 9.47 Å². The molecule has 0 amide bonds. The van der Waals surface area contributed by atoms with Gasteiger partial charge >= 0.3 is 5.97 Å². The molecule has 2 rings (SSSR count). The molecular formula is C14H19NO3. The minimum atomic E-state index is -0.131. The molecule has 1 aromatic carbocycles. The summed E-state index contributed by atoms with van der Waals surface area (Å²) in [6, 6.07) is 10.1. The molecule has 1 aliphatic heterocycles. The lowest BCUT2D eigenvalue weighted by Gasteiger charge is -2.09. The van der Waals surface area contributed by atoms with E-state index >= 15 is 0 Å². The van der Waals surface area contributed by atoms with Gasteiger partial charge < -0.3 is 14.8 Å². The molecule has 1 unspecified atom stereocenters. The molecule has 1 aromatic rings. The van der Waals surface area contributed by atoms with Crippen molar-refractivity contribution in [2.45, 2.75) is 13.0 Å². The third-order valence-corrected chi connectivity index (χ3v) is 2.96. The Hall–Kier alpha value is -1.39. The summed E-state index contributed by atoms with van der Waals surface area (Å²) in [5.74, 6) is -0.187. The first-order valence-electron chi connectivity index (χ1n) is 6.35. The number of carbonyl (C=O) groups excluding carboxylic acids is 1. The molecule has 18 heavy (non-hydrogen) atoms. The van der Waals surface area contributed by atoms with Crippen LogP contribution in [0.3, 0.4) is 0 Å². The predicted molar refractivity (Wildman–Crippen MR) is 68.0 cm³/mol. The Morgan fingerprint density at radius 2 is 2.22 bits per heavy atom. The Bertz CT molecular complexity index is 361. The molecular weight excluding hydrogens is 230 g/mol. The SMILES string of the molecule is O=C(OCCNCc1ccccc1)C1CCOC1. The van der Waals surface area contributed by atoms with Gasteiger partial charge in [-0.15, -0.1) is 0 Å². The monoisotopic (exact) mass is 249 g/mol. The zero-order valence-electron chi connectivity index (χ0n) is 10.4. The number of rotatable bonds is 6. The van der Waals surface area contributed by atoms with Crippen LogP contribution in [0, 0.1) is 5.92 Å². The molecule has 0 radical (unpaired) electrons. The highest BCUT2D eigenvalue weighted by atomic mass is 16.5. The molecule has 1 heterocycles. The standard InChI is InChI=1S/C14H19NO3/c16-14(13-6-8-17-11-13)18-9-7-15-10-12-4-2-1-3-5-12/h1-5,13,15H,6-11H2. The van der Waals surface area contributed by atoms with Crippen molar-refractivity contribution in [3.8, 4) is 0 Å². The van der Waals surface area contributed by atoms with Gasteiger partial charge in [-0.3, -0.25) is 4.79 Å². The van der Waals surface area contributed by atoms with Crippen molar-refractivity contribution in [1.82, 2.24) is 5.32 Å². The maximum Gasteiger partial charge on any atom is 0.311 e. The maximum absolute atomic E-state index is 11.5. The van der Waals surface area contributed by atoms with Crippen molar-refractivity contribution in [2.24, 2.45) is 5.92 Å². The smallest absolute Gasteiger partial charge is 0.311 e. The second-order valence-corrected chi connectivity index (χ2v) is 4.39. The minimum absolute atomic E-state index is 0.0564. The van der Waals surface area contributed by atoms with Gasteiger partial charge in [-0.05, 0) is 12.0 Å². The van der Waals surface area contributed by atoms with Gasteiger partial charge in [-0.2, -0.15) is 0 Å². The third kappa shape index (κ3) is 4.13. The average molecular weight is 249 g/mol. The van der Waals surface area contributed by atoms with Gasteiger partial charge in [0.2, 0.25) is 0 Å². The maximum atomic E-state index is 11.5. The van der Waals surface area contributed by atoms with Gasteiger partial charge in [0.25, 0.3) is 0 Å². The van der Waals surface area contributed by atoms with Gasteiger partial charge in [-0.25, -0.2) is 0 Å². The van der Waals surface area contributed by atoms with Crippen molar-refractivity contribution in [2.75, 3.05) is 26.4 Å². The highest BCUT2D eigenvalue weighted by Crippen LogP contribution is 2.13. The molecule has 0 spiro atoms. The highest BCUT2D eigenvalue weighted by molar-refractivity contribution is 5.72. The molecule has 0 bridgehead atoms. The summed E-state index contributed by atoms with van der Waals surface area (Å²) < 4.78 is 10.3. The van der Waals surface area contributed by atoms with Crippen molar-refractivity contribution in [1.29, 1.82) is 0 Å². The van der Waals surface area contributed by atoms with E-state index in [9.17, 15) is 4.79 Å². The first kappa shape index (κ1) is 13.1. The predicted octanol–water partition coefficient (Wildman–Crippen LogP) is 1.36. The molecule has 0 aliphatic carbocycles. The van der Waals surface area contributed by atoms with Gasteiger partial charge in [0.1, 0.15) is 6.61 Å². The number of carbonyl (C=O) groups is 1. The van der Waals surface area contributed by atoms with Crippen molar-refractivity contribution in [3.05, 3.63) is 35.9 Å². The van der Waals surface area contributed by atoms with E-state index in [-0.39, 0.29) is 11.9 Å². The summed E-state index contributed by atoms with van der Waals surface area (Å²) in [4.78, 5) is 11.5. The van der Waals surface area contributed by atoms with Crippen LogP contribution in [-0.2, 0) is 20.8 Å². The van der Waals surface area contributed by atoms with Crippen LogP contribution in [0.25, 0.3) is 0 Å². The fourth-order valence-corrected chi connectivity index (χ4v) is 1.89. The first-order chi connectivity index (χ1) is 8.86. The molecule has 1 aliphatic rings. The van der Waals surface area contributed by atoms with Crippen LogP contribution in [0.5, 0.6) is 0 Å². The molecule has 1 N–H and O–H groups in total. The number of esters is 1. The largest absolute Gasteiger partial charge is 0.464 e. The van der Waals surface area contributed by atoms with E-state index in [0.29, 0.717) is 26.4 Å². The molecule has 1 atom stereocenters. The minimum Gasteiger partial charge on any atom is -0.464 e. The summed E-state index contributed by atoms with van der Waals surface area (Å²) in [5.41, 5.74) is 1.23. The van der Waals surface area contributed by atoms with Crippen LogP contribution in [0.15, 0.2) is 30.3 Å². The summed E-state index contributed by atoms with van der Waals surface area (Å²) in [6.07, 6.45) is 0.788. The van der Waals surface area contributed by atoms with Gasteiger partial charge in [0.05, 0.1) is 12.5 Å². The third-order valence-electron chi connectivity index (χ3n) is 2.96. The zero-order valence-corrected chi connectivity index (χ0v) is 10.4. The van der Waals surface area contributed by atoms with Crippen LogP contribution in [0.1, 0.15) is 12.0 Å². The Balaban J connectivity index is 1.54. The lowest BCUT2D eigenvalue weighted by atomic mass is 10.1. The molecule has 4 heteroatoms. The van der Waals surface area contributed by atoms with E-state index < -0.39 is 0 Å². The van der Waals surface area contributed by atoms with Gasteiger partial charge in [0.15, 0.2) is 0 Å². The quantitative estimate of drug-likeness (QED) is 0.611. The first-order valence-corrected chi connectivity index (χ1v) is 6.35. The number of hydrogen-bond acceptors (Lipinski definition) is 4. The number of ether oxygens (including phenoxy) is 2. The lowest BCUT2D eigenvalue weighted by Crippen LogP contribution is -2.24. The van der Waals surface area contributed by atoms with E-state index in [1.54, 1.807) is 0 Å². The normalized spacial score (nSPS) is 18.8. The molecule has 0 saturated carbocycles. The summed E-state index contributed by atoms with van der Waals surface area (Å²) in [5, 5.41) is 3.24. The summed E-state index contributed by atoms with van der Waals surface area (Å²) >= 11 is 0. The summed E-state index contributed by atoms with van der Waals surface area (Å²) in [7, 11) is 0. The lowest BCUT2D eigenvalue weighted by molar-refractivity contribution is -0.148. The summed E-state index contributed by atoms with van der Waals surface area (Å²) in [6.45, 7) is 3.07. The van der Waals surface area contributed by atoms with Crippen LogP contribution >= 0.6 is 0 Å². The topological polar surface area (TPSA) is 47.6 Å². The second-order valence-electron chi connectivity index (χ2n) is 4.39. The highest BCUT2D eigenvalue weighted by Gasteiger charge is 2.24.